The Balaban J connectivity index is 1.56. The summed E-state index contributed by atoms with van der Waals surface area (Å²) in [5.41, 5.74) is 1.52. The zero-order valence-corrected chi connectivity index (χ0v) is 16.6. The van der Waals surface area contributed by atoms with Gasteiger partial charge in [-0.25, -0.2) is 18.3 Å². The molecule has 0 radical (unpaired) electrons. The van der Waals surface area contributed by atoms with Crippen molar-refractivity contribution < 1.29 is 26.7 Å². The highest BCUT2D eigenvalue weighted by atomic mass is 19.3. The molecule has 33 heavy (non-hydrogen) atoms. The highest BCUT2D eigenvalue weighted by Gasteiger charge is 2.22. The standard InChI is InChI=1S/C22H13F4N5O2/c23-18(24)17-10-16(12-4-2-1-3-5-12)28-19-15(11-27-31(17)19)21-30-29-20(33-21)13-6-8-14(9-7-13)32-22(25)26/h1-11,18,22H. The van der Waals surface area contributed by atoms with Crippen molar-refractivity contribution in [1.29, 1.82) is 0 Å². The molecule has 3 aromatic heterocycles. The zero-order valence-electron chi connectivity index (χ0n) is 16.6. The molecule has 0 bridgehead atoms. The fraction of sp³-hybridized carbons (Fsp3) is 0.0909. The maximum absolute atomic E-state index is 13.7. The van der Waals surface area contributed by atoms with E-state index in [1.165, 1.54) is 36.5 Å². The van der Waals surface area contributed by atoms with E-state index < -0.39 is 13.0 Å². The molecule has 3 heterocycles. The van der Waals surface area contributed by atoms with Crippen molar-refractivity contribution in [1.82, 2.24) is 24.8 Å². The van der Waals surface area contributed by atoms with Gasteiger partial charge in [-0.05, 0) is 30.3 Å². The Bertz CT molecular complexity index is 1400. The lowest BCUT2D eigenvalue weighted by Crippen LogP contribution is -2.02. The molecule has 7 nitrogen and oxygen atoms in total. The van der Waals surface area contributed by atoms with Crippen LogP contribution in [-0.4, -0.2) is 31.4 Å². The summed E-state index contributed by atoms with van der Waals surface area (Å²) in [7, 11) is 0. The summed E-state index contributed by atoms with van der Waals surface area (Å²) in [6.45, 7) is -2.94. The topological polar surface area (TPSA) is 78.3 Å². The van der Waals surface area contributed by atoms with E-state index in [2.05, 4.69) is 25.0 Å². The van der Waals surface area contributed by atoms with Crippen LogP contribution in [0.3, 0.4) is 0 Å². The van der Waals surface area contributed by atoms with Crippen LogP contribution in [0, 0.1) is 0 Å². The maximum atomic E-state index is 13.7. The molecule has 0 N–H and O–H groups in total. The largest absolute Gasteiger partial charge is 0.435 e. The van der Waals surface area contributed by atoms with E-state index in [9.17, 15) is 17.6 Å². The summed E-state index contributed by atoms with van der Waals surface area (Å²) in [5, 5.41) is 12.0. The molecule has 0 aliphatic heterocycles. The van der Waals surface area contributed by atoms with Gasteiger partial charge in [-0.2, -0.15) is 13.9 Å². The van der Waals surface area contributed by atoms with E-state index in [1.807, 2.05) is 6.07 Å². The average molecular weight is 455 g/mol. The summed E-state index contributed by atoms with van der Waals surface area (Å²) < 4.78 is 63.2. The number of hydrogen-bond donors (Lipinski definition) is 0. The first-order chi connectivity index (χ1) is 16.0. The van der Waals surface area contributed by atoms with E-state index in [1.54, 1.807) is 24.3 Å². The Labute approximate surface area is 183 Å². The molecule has 0 aliphatic carbocycles. The zero-order chi connectivity index (χ0) is 22.9. The van der Waals surface area contributed by atoms with Crippen molar-refractivity contribution in [2.45, 2.75) is 13.0 Å². The molecule has 11 heteroatoms. The van der Waals surface area contributed by atoms with Gasteiger partial charge in [0.25, 0.3) is 12.3 Å². The van der Waals surface area contributed by atoms with Gasteiger partial charge in [0.2, 0.25) is 5.89 Å². The summed E-state index contributed by atoms with van der Waals surface area (Å²) in [5.74, 6) is 0.0976. The van der Waals surface area contributed by atoms with Crippen molar-refractivity contribution in [2.24, 2.45) is 0 Å². The van der Waals surface area contributed by atoms with Crippen LogP contribution in [0.5, 0.6) is 5.75 Å². The number of fused-ring (bicyclic) bond motifs is 1. The number of nitrogens with zero attached hydrogens (tertiary/aromatic N) is 5. The van der Waals surface area contributed by atoms with E-state index in [0.717, 1.165) is 4.52 Å². The number of halogens is 4. The van der Waals surface area contributed by atoms with Crippen LogP contribution in [0.4, 0.5) is 17.6 Å². The number of ether oxygens (including phenoxy) is 1. The van der Waals surface area contributed by atoms with Crippen LogP contribution in [0.2, 0.25) is 0 Å². The SMILES string of the molecule is FC(F)Oc1ccc(-c2nnc(-c3cnn4c(C(F)F)cc(-c5ccccc5)nc34)o2)cc1. The fourth-order valence-electron chi connectivity index (χ4n) is 3.28. The molecule has 0 saturated heterocycles. The molecule has 0 aliphatic rings. The lowest BCUT2D eigenvalue weighted by Gasteiger charge is -2.08. The Morgan fingerprint density at radius 3 is 2.27 bits per heavy atom. The van der Waals surface area contributed by atoms with Gasteiger partial charge >= 0.3 is 6.61 Å². The predicted octanol–water partition coefficient (Wildman–Crippen LogP) is 5.65. The van der Waals surface area contributed by atoms with E-state index in [4.69, 9.17) is 4.42 Å². The monoisotopic (exact) mass is 455 g/mol. The minimum Gasteiger partial charge on any atom is -0.435 e. The molecule has 5 rings (SSSR count). The van der Waals surface area contributed by atoms with Crippen LogP contribution < -0.4 is 4.74 Å². The van der Waals surface area contributed by atoms with Crippen LogP contribution in [0.15, 0.2) is 71.3 Å². The minimum atomic E-state index is -2.94. The van der Waals surface area contributed by atoms with Crippen LogP contribution in [0.25, 0.3) is 39.8 Å². The lowest BCUT2D eigenvalue weighted by molar-refractivity contribution is -0.0498. The smallest absolute Gasteiger partial charge is 0.387 e. The first-order valence-electron chi connectivity index (χ1n) is 9.61. The quantitative estimate of drug-likeness (QED) is 0.308. The van der Waals surface area contributed by atoms with Crippen molar-refractivity contribution >= 4 is 5.65 Å². The number of alkyl halides is 4. The molecule has 2 aromatic carbocycles. The number of benzene rings is 2. The molecule has 0 saturated carbocycles. The molecule has 5 aromatic rings. The molecule has 0 unspecified atom stereocenters. The van der Waals surface area contributed by atoms with Crippen molar-refractivity contribution in [3.63, 3.8) is 0 Å². The van der Waals surface area contributed by atoms with Gasteiger partial charge in [0, 0.05) is 11.1 Å². The molecule has 0 fully saturated rings. The number of hydrogen-bond acceptors (Lipinski definition) is 6. The van der Waals surface area contributed by atoms with Gasteiger partial charge in [0.1, 0.15) is 17.0 Å². The third-order valence-corrected chi connectivity index (χ3v) is 4.77. The van der Waals surface area contributed by atoms with E-state index in [-0.39, 0.29) is 34.4 Å². The van der Waals surface area contributed by atoms with Gasteiger partial charge < -0.3 is 9.15 Å². The second-order valence-electron chi connectivity index (χ2n) is 6.84. The molecule has 0 amide bonds. The highest BCUT2D eigenvalue weighted by molar-refractivity contribution is 5.74. The molecule has 166 valence electrons. The third kappa shape index (κ3) is 4.00. The second-order valence-corrected chi connectivity index (χ2v) is 6.84. The Morgan fingerprint density at radius 1 is 0.848 bits per heavy atom. The van der Waals surface area contributed by atoms with Crippen LogP contribution >= 0.6 is 0 Å². The van der Waals surface area contributed by atoms with Crippen molar-refractivity contribution in [3.05, 3.63) is 72.6 Å². The summed E-state index contributed by atoms with van der Waals surface area (Å²) in [4.78, 5) is 4.50. The van der Waals surface area contributed by atoms with Gasteiger partial charge in [0.15, 0.2) is 5.65 Å². The maximum Gasteiger partial charge on any atom is 0.387 e. The van der Waals surface area contributed by atoms with E-state index >= 15 is 0 Å². The predicted molar refractivity (Wildman–Crippen MR) is 109 cm³/mol. The van der Waals surface area contributed by atoms with Gasteiger partial charge in [-0.1, -0.05) is 30.3 Å². The van der Waals surface area contributed by atoms with Crippen molar-refractivity contribution in [3.8, 4) is 39.9 Å². The third-order valence-electron chi connectivity index (χ3n) is 4.77. The Morgan fingerprint density at radius 2 is 1.58 bits per heavy atom. The fourth-order valence-corrected chi connectivity index (χ4v) is 3.28. The molecular weight excluding hydrogens is 442 g/mol. The second kappa shape index (κ2) is 8.34. The van der Waals surface area contributed by atoms with E-state index in [0.29, 0.717) is 16.8 Å². The summed E-state index contributed by atoms with van der Waals surface area (Å²) >= 11 is 0. The first kappa shape index (κ1) is 20.6. The average Bonchev–Trinajstić information content (AvgIpc) is 3.46. The van der Waals surface area contributed by atoms with Crippen molar-refractivity contribution in [2.75, 3.05) is 0 Å². The molecule has 0 spiro atoms. The van der Waals surface area contributed by atoms with Crippen LogP contribution in [-0.2, 0) is 0 Å². The Kier molecular flexibility index (Phi) is 5.21. The molecular formula is C22H13F4N5O2. The molecule has 0 atom stereocenters. The van der Waals surface area contributed by atoms with Crippen LogP contribution in [0.1, 0.15) is 12.1 Å². The Hall–Kier alpha value is -4.28. The minimum absolute atomic E-state index is 0.0193. The summed E-state index contributed by atoms with van der Waals surface area (Å²) in [6.07, 6.45) is -1.47. The number of rotatable bonds is 6. The normalized spacial score (nSPS) is 11.6. The lowest BCUT2D eigenvalue weighted by atomic mass is 10.1. The van der Waals surface area contributed by atoms with Gasteiger partial charge in [-0.3, -0.25) is 0 Å². The highest BCUT2D eigenvalue weighted by Crippen LogP contribution is 2.31. The van der Waals surface area contributed by atoms with Gasteiger partial charge in [0.05, 0.1) is 11.9 Å². The van der Waals surface area contributed by atoms with Gasteiger partial charge in [-0.15, -0.1) is 10.2 Å². The number of aromatic nitrogens is 5. The summed E-state index contributed by atoms with van der Waals surface area (Å²) in [6, 6.07) is 15.8. The first-order valence-corrected chi connectivity index (χ1v) is 9.61.